The van der Waals surface area contributed by atoms with Gasteiger partial charge in [-0.3, -0.25) is 0 Å². The minimum atomic E-state index is -0.467. The average Bonchev–Trinajstić information content (AvgIpc) is 2.50. The van der Waals surface area contributed by atoms with Crippen molar-refractivity contribution in [2.24, 2.45) is 0 Å². The Morgan fingerprint density at radius 1 is 1.23 bits per heavy atom. The Balaban J connectivity index is 2.07. The quantitative estimate of drug-likeness (QED) is 0.375. The number of ether oxygens (including phenoxy) is 2. The molecule has 3 nitrogen and oxygen atoms in total. The third kappa shape index (κ3) is 4.75. The number of hydrogen-bond donors (Lipinski definition) is 0. The van der Waals surface area contributed by atoms with Crippen molar-refractivity contribution in [2.45, 2.75) is 19.8 Å². The van der Waals surface area contributed by atoms with Gasteiger partial charge in [-0.05, 0) is 42.8 Å². The second-order valence-corrected chi connectivity index (χ2v) is 6.02. The standard InChI is InChI=1S/C17H16BrClO3/c1-2-3-9-21-14-6-4-5-12(10-14)17(20)22-16-8-7-13(18)11-15(16)19/h4-8,10-11H,2-3,9H2,1H3. The van der Waals surface area contributed by atoms with E-state index in [0.717, 1.165) is 17.3 Å². The Morgan fingerprint density at radius 2 is 2.05 bits per heavy atom. The van der Waals surface area contributed by atoms with Crippen LogP contribution >= 0.6 is 27.5 Å². The van der Waals surface area contributed by atoms with E-state index in [4.69, 9.17) is 21.1 Å². The molecule has 0 atom stereocenters. The predicted molar refractivity (Wildman–Crippen MR) is 91.0 cm³/mol. The minimum Gasteiger partial charge on any atom is -0.494 e. The lowest BCUT2D eigenvalue weighted by molar-refractivity contribution is 0.0734. The first-order valence-corrected chi connectivity index (χ1v) is 8.17. The van der Waals surface area contributed by atoms with E-state index < -0.39 is 5.97 Å². The van der Waals surface area contributed by atoms with Crippen LogP contribution in [0.1, 0.15) is 30.1 Å². The number of unbranched alkanes of at least 4 members (excludes halogenated alkanes) is 1. The largest absolute Gasteiger partial charge is 0.494 e. The van der Waals surface area contributed by atoms with Crippen molar-refractivity contribution >= 4 is 33.5 Å². The minimum absolute atomic E-state index is 0.326. The third-order valence-corrected chi connectivity index (χ3v) is 3.72. The summed E-state index contributed by atoms with van der Waals surface area (Å²) in [6.07, 6.45) is 2.03. The first-order valence-electron chi connectivity index (χ1n) is 7.00. The van der Waals surface area contributed by atoms with Gasteiger partial charge in [0.1, 0.15) is 11.5 Å². The predicted octanol–water partition coefficient (Wildman–Crippen LogP) is 5.50. The van der Waals surface area contributed by atoms with E-state index in [1.807, 2.05) is 6.07 Å². The van der Waals surface area contributed by atoms with E-state index in [1.54, 1.807) is 36.4 Å². The number of rotatable bonds is 6. The molecule has 2 rings (SSSR count). The van der Waals surface area contributed by atoms with Crippen LogP contribution in [0, 0.1) is 0 Å². The van der Waals surface area contributed by atoms with Gasteiger partial charge in [0.05, 0.1) is 17.2 Å². The monoisotopic (exact) mass is 382 g/mol. The van der Waals surface area contributed by atoms with Crippen LogP contribution in [0.4, 0.5) is 0 Å². The van der Waals surface area contributed by atoms with E-state index in [2.05, 4.69) is 22.9 Å². The van der Waals surface area contributed by atoms with Gasteiger partial charge in [0, 0.05) is 4.47 Å². The molecule has 2 aromatic rings. The van der Waals surface area contributed by atoms with Crippen LogP contribution in [0.15, 0.2) is 46.9 Å². The second kappa shape index (κ2) is 8.20. The molecule has 0 spiro atoms. The normalized spacial score (nSPS) is 10.3. The molecule has 0 amide bonds. The molecule has 0 N–H and O–H groups in total. The molecule has 0 bridgehead atoms. The molecular weight excluding hydrogens is 368 g/mol. The van der Waals surface area contributed by atoms with Crippen LogP contribution in [0.25, 0.3) is 0 Å². The van der Waals surface area contributed by atoms with Crippen molar-refractivity contribution in [1.29, 1.82) is 0 Å². The highest BCUT2D eigenvalue weighted by atomic mass is 79.9. The van der Waals surface area contributed by atoms with Crippen LogP contribution in [0.5, 0.6) is 11.5 Å². The maximum absolute atomic E-state index is 12.2. The van der Waals surface area contributed by atoms with Crippen LogP contribution in [0.2, 0.25) is 5.02 Å². The van der Waals surface area contributed by atoms with E-state index in [-0.39, 0.29) is 0 Å². The second-order valence-electron chi connectivity index (χ2n) is 4.69. The number of hydrogen-bond acceptors (Lipinski definition) is 3. The van der Waals surface area contributed by atoms with E-state index in [1.165, 1.54) is 0 Å². The third-order valence-electron chi connectivity index (χ3n) is 2.93. The fourth-order valence-corrected chi connectivity index (χ4v) is 2.48. The molecule has 0 aliphatic rings. The Hall–Kier alpha value is -1.52. The maximum atomic E-state index is 12.2. The highest BCUT2D eigenvalue weighted by Crippen LogP contribution is 2.28. The number of esters is 1. The van der Waals surface area contributed by atoms with Crippen molar-refractivity contribution in [3.63, 3.8) is 0 Å². The fourth-order valence-electron chi connectivity index (χ4n) is 1.76. The van der Waals surface area contributed by atoms with Crippen LogP contribution in [0.3, 0.4) is 0 Å². The van der Waals surface area contributed by atoms with E-state index in [9.17, 15) is 4.79 Å². The lowest BCUT2D eigenvalue weighted by Gasteiger charge is -2.09. The summed E-state index contributed by atoms with van der Waals surface area (Å²) in [6, 6.07) is 12.0. The first-order chi connectivity index (χ1) is 10.6. The fraction of sp³-hybridized carbons (Fsp3) is 0.235. The number of carbonyl (C=O) groups excluding carboxylic acids is 1. The molecule has 116 valence electrons. The lowest BCUT2D eigenvalue weighted by atomic mass is 10.2. The average molecular weight is 384 g/mol. The molecule has 0 saturated heterocycles. The highest BCUT2D eigenvalue weighted by Gasteiger charge is 2.12. The summed E-state index contributed by atoms with van der Waals surface area (Å²) in [4.78, 5) is 12.2. The van der Waals surface area contributed by atoms with Gasteiger partial charge in [0.2, 0.25) is 0 Å². The van der Waals surface area contributed by atoms with Gasteiger partial charge in [0.15, 0.2) is 0 Å². The first kappa shape index (κ1) is 16.8. The van der Waals surface area contributed by atoms with Gasteiger partial charge in [-0.2, -0.15) is 0 Å². The molecule has 0 aliphatic carbocycles. The summed E-state index contributed by atoms with van der Waals surface area (Å²) in [5.74, 6) is 0.516. The summed E-state index contributed by atoms with van der Waals surface area (Å²) in [6.45, 7) is 2.73. The molecule has 0 fully saturated rings. The zero-order chi connectivity index (χ0) is 15.9. The number of carbonyl (C=O) groups is 1. The Labute approximate surface area is 143 Å². The molecular formula is C17H16BrClO3. The van der Waals surface area contributed by atoms with Gasteiger partial charge < -0.3 is 9.47 Å². The highest BCUT2D eigenvalue weighted by molar-refractivity contribution is 9.10. The Morgan fingerprint density at radius 3 is 2.77 bits per heavy atom. The summed E-state index contributed by atoms with van der Waals surface area (Å²) < 4.78 is 11.7. The van der Waals surface area contributed by atoms with Gasteiger partial charge in [-0.25, -0.2) is 4.79 Å². The summed E-state index contributed by atoms with van der Waals surface area (Å²) in [5.41, 5.74) is 0.424. The van der Waals surface area contributed by atoms with Gasteiger partial charge >= 0.3 is 5.97 Å². The van der Waals surface area contributed by atoms with Gasteiger partial charge in [-0.15, -0.1) is 0 Å². The van der Waals surface area contributed by atoms with Crippen molar-refractivity contribution in [3.8, 4) is 11.5 Å². The SMILES string of the molecule is CCCCOc1cccc(C(=O)Oc2ccc(Br)cc2Cl)c1. The molecule has 0 heterocycles. The van der Waals surface area contributed by atoms with E-state index in [0.29, 0.717) is 28.7 Å². The molecule has 5 heteroatoms. The van der Waals surface area contributed by atoms with Crippen molar-refractivity contribution in [2.75, 3.05) is 6.61 Å². The van der Waals surface area contributed by atoms with Gasteiger partial charge in [-0.1, -0.05) is 46.9 Å². The zero-order valence-corrected chi connectivity index (χ0v) is 14.5. The number of benzene rings is 2. The summed E-state index contributed by atoms with van der Waals surface area (Å²) in [7, 11) is 0. The topological polar surface area (TPSA) is 35.5 Å². The summed E-state index contributed by atoms with van der Waals surface area (Å²) in [5, 5.41) is 0.373. The smallest absolute Gasteiger partial charge is 0.343 e. The molecule has 22 heavy (non-hydrogen) atoms. The molecule has 0 saturated carbocycles. The Kier molecular flexibility index (Phi) is 6.28. The maximum Gasteiger partial charge on any atom is 0.343 e. The van der Waals surface area contributed by atoms with Crippen molar-refractivity contribution in [1.82, 2.24) is 0 Å². The molecule has 0 aliphatic heterocycles. The number of halogens is 2. The van der Waals surface area contributed by atoms with E-state index >= 15 is 0 Å². The van der Waals surface area contributed by atoms with Crippen LogP contribution in [-0.2, 0) is 0 Å². The van der Waals surface area contributed by atoms with Crippen LogP contribution in [-0.4, -0.2) is 12.6 Å². The zero-order valence-electron chi connectivity index (χ0n) is 12.1. The summed E-state index contributed by atoms with van der Waals surface area (Å²) >= 11 is 9.35. The molecule has 0 unspecified atom stereocenters. The Bertz CT molecular complexity index is 658. The molecule has 0 radical (unpaired) electrons. The molecule has 0 aromatic heterocycles. The van der Waals surface area contributed by atoms with Crippen LogP contribution < -0.4 is 9.47 Å². The molecule has 2 aromatic carbocycles. The van der Waals surface area contributed by atoms with Crippen molar-refractivity contribution in [3.05, 3.63) is 57.5 Å². The van der Waals surface area contributed by atoms with Crippen molar-refractivity contribution < 1.29 is 14.3 Å². The lowest BCUT2D eigenvalue weighted by Crippen LogP contribution is -2.09. The van der Waals surface area contributed by atoms with Gasteiger partial charge in [0.25, 0.3) is 0 Å².